The van der Waals surface area contributed by atoms with E-state index in [2.05, 4.69) is 44.8 Å². The Hall–Kier alpha value is -0.0800. The van der Waals surface area contributed by atoms with Crippen LogP contribution < -0.4 is 5.32 Å². The molecular weight excluding hydrogens is 232 g/mol. The summed E-state index contributed by atoms with van der Waals surface area (Å²) in [6.45, 7) is 14.4. The Labute approximate surface area is 120 Å². The summed E-state index contributed by atoms with van der Waals surface area (Å²) in [6.07, 6.45) is 5.84. The Kier molecular flexibility index (Phi) is 5.30. The van der Waals surface area contributed by atoms with Crippen LogP contribution in [0.5, 0.6) is 0 Å². The van der Waals surface area contributed by atoms with Crippen molar-refractivity contribution in [2.75, 3.05) is 13.1 Å². The Morgan fingerprint density at radius 2 is 1.58 bits per heavy atom. The number of rotatable bonds is 4. The van der Waals surface area contributed by atoms with Gasteiger partial charge in [0.25, 0.3) is 0 Å². The van der Waals surface area contributed by atoms with Crippen molar-refractivity contribution in [2.45, 2.75) is 78.4 Å². The van der Waals surface area contributed by atoms with Crippen molar-refractivity contribution in [2.24, 2.45) is 17.8 Å². The van der Waals surface area contributed by atoms with Crippen molar-refractivity contribution in [3.63, 3.8) is 0 Å². The fraction of sp³-hybridized carbons (Fsp3) is 1.00. The predicted octanol–water partition coefficient (Wildman–Crippen LogP) is 3.52. The summed E-state index contributed by atoms with van der Waals surface area (Å²) in [5, 5.41) is 3.78. The Morgan fingerprint density at radius 3 is 2.11 bits per heavy atom. The molecule has 0 aromatic rings. The molecule has 1 heterocycles. The zero-order valence-electron chi connectivity index (χ0n) is 13.7. The minimum atomic E-state index is 0.679. The van der Waals surface area contributed by atoms with E-state index in [1.54, 1.807) is 0 Å². The first-order valence-corrected chi connectivity index (χ1v) is 8.49. The molecule has 1 N–H and O–H groups in total. The van der Waals surface area contributed by atoms with Gasteiger partial charge < -0.3 is 5.32 Å². The first kappa shape index (κ1) is 15.3. The fourth-order valence-electron chi connectivity index (χ4n) is 4.06. The topological polar surface area (TPSA) is 15.3 Å². The Bertz CT molecular complexity index is 268. The van der Waals surface area contributed by atoms with Crippen LogP contribution in [0.25, 0.3) is 0 Å². The molecule has 1 aliphatic carbocycles. The van der Waals surface area contributed by atoms with E-state index in [1.807, 2.05) is 0 Å². The second kappa shape index (κ2) is 6.58. The molecule has 3 atom stereocenters. The molecule has 112 valence electrons. The molecule has 2 heteroatoms. The summed E-state index contributed by atoms with van der Waals surface area (Å²) in [7, 11) is 0. The van der Waals surface area contributed by atoms with Crippen LogP contribution in [0.15, 0.2) is 0 Å². The van der Waals surface area contributed by atoms with Gasteiger partial charge in [-0.3, -0.25) is 4.90 Å². The lowest BCUT2D eigenvalue weighted by molar-refractivity contribution is 0.0296. The van der Waals surface area contributed by atoms with Crippen LogP contribution in [-0.2, 0) is 0 Å². The average Bonchev–Trinajstić information content (AvgIpc) is 2.90. The lowest BCUT2D eigenvalue weighted by Crippen LogP contribution is -2.62. The van der Waals surface area contributed by atoms with Gasteiger partial charge in [-0.05, 0) is 37.5 Å². The van der Waals surface area contributed by atoms with Crippen LogP contribution in [0.2, 0.25) is 0 Å². The molecule has 0 radical (unpaired) electrons. The van der Waals surface area contributed by atoms with Crippen molar-refractivity contribution in [3.8, 4) is 0 Å². The van der Waals surface area contributed by atoms with Crippen molar-refractivity contribution in [1.82, 2.24) is 10.2 Å². The van der Waals surface area contributed by atoms with E-state index < -0.39 is 0 Å². The van der Waals surface area contributed by atoms with Crippen LogP contribution in [0, 0.1) is 17.8 Å². The van der Waals surface area contributed by atoms with Crippen LogP contribution in [-0.4, -0.2) is 36.1 Å². The molecule has 0 bridgehead atoms. The molecule has 1 saturated carbocycles. The molecule has 0 aromatic heterocycles. The molecule has 2 nitrogen and oxygen atoms in total. The van der Waals surface area contributed by atoms with Crippen LogP contribution in [0.3, 0.4) is 0 Å². The summed E-state index contributed by atoms with van der Waals surface area (Å²) in [5.74, 6) is 2.45. The molecular formula is C17H34N2. The minimum Gasteiger partial charge on any atom is -0.311 e. The average molecular weight is 266 g/mol. The van der Waals surface area contributed by atoms with E-state index in [-0.39, 0.29) is 0 Å². The number of nitrogens with one attached hydrogen (secondary N) is 1. The molecule has 2 fully saturated rings. The van der Waals surface area contributed by atoms with E-state index in [9.17, 15) is 0 Å². The fourth-order valence-corrected chi connectivity index (χ4v) is 4.06. The van der Waals surface area contributed by atoms with E-state index in [4.69, 9.17) is 0 Å². The number of hydrogen-bond donors (Lipinski definition) is 1. The first-order chi connectivity index (χ1) is 9.00. The van der Waals surface area contributed by atoms with Crippen molar-refractivity contribution < 1.29 is 0 Å². The zero-order chi connectivity index (χ0) is 14.0. The molecule has 19 heavy (non-hydrogen) atoms. The second-order valence-corrected chi connectivity index (χ2v) is 7.55. The molecule has 0 aromatic carbocycles. The third-order valence-corrected chi connectivity index (χ3v) is 5.60. The van der Waals surface area contributed by atoms with E-state index in [0.717, 1.165) is 29.8 Å². The van der Waals surface area contributed by atoms with Crippen LogP contribution >= 0.6 is 0 Å². The third kappa shape index (κ3) is 3.52. The molecule has 0 amide bonds. The number of nitrogens with zero attached hydrogens (tertiary/aromatic N) is 1. The van der Waals surface area contributed by atoms with Gasteiger partial charge in [-0.1, -0.05) is 40.5 Å². The quantitative estimate of drug-likeness (QED) is 0.837. The van der Waals surface area contributed by atoms with Crippen molar-refractivity contribution in [1.29, 1.82) is 0 Å². The SMILES string of the molecule is CC(C)C1CN(C(C)C2CCCC2)C(C(C)C)CN1. The van der Waals surface area contributed by atoms with Gasteiger partial charge in [-0.2, -0.15) is 0 Å². The Balaban J connectivity index is 2.05. The maximum atomic E-state index is 3.78. The lowest BCUT2D eigenvalue weighted by atomic mass is 9.89. The standard InChI is InChI=1S/C17H34N2/c1-12(2)16-11-19(17(10-18-16)13(3)4)14(5)15-8-6-7-9-15/h12-18H,6-11H2,1-5H3. The van der Waals surface area contributed by atoms with Gasteiger partial charge in [-0.15, -0.1) is 0 Å². The summed E-state index contributed by atoms with van der Waals surface area (Å²) in [6, 6.07) is 2.18. The smallest absolute Gasteiger partial charge is 0.0247 e. The van der Waals surface area contributed by atoms with Crippen molar-refractivity contribution >= 4 is 0 Å². The highest BCUT2D eigenvalue weighted by atomic mass is 15.3. The van der Waals surface area contributed by atoms with E-state index in [1.165, 1.54) is 38.8 Å². The molecule has 0 spiro atoms. The van der Waals surface area contributed by atoms with Gasteiger partial charge >= 0.3 is 0 Å². The first-order valence-electron chi connectivity index (χ1n) is 8.49. The van der Waals surface area contributed by atoms with Gasteiger partial charge in [0.15, 0.2) is 0 Å². The zero-order valence-corrected chi connectivity index (χ0v) is 13.7. The summed E-state index contributed by atoms with van der Waals surface area (Å²) >= 11 is 0. The van der Waals surface area contributed by atoms with Gasteiger partial charge in [0, 0.05) is 31.2 Å². The highest BCUT2D eigenvalue weighted by Gasteiger charge is 2.36. The minimum absolute atomic E-state index is 0.679. The van der Waals surface area contributed by atoms with Gasteiger partial charge in [0.2, 0.25) is 0 Å². The molecule has 1 aliphatic heterocycles. The predicted molar refractivity (Wildman–Crippen MR) is 83.4 cm³/mol. The monoisotopic (exact) mass is 266 g/mol. The highest BCUT2D eigenvalue weighted by Crippen LogP contribution is 2.33. The van der Waals surface area contributed by atoms with Gasteiger partial charge in [0.1, 0.15) is 0 Å². The summed E-state index contributed by atoms with van der Waals surface area (Å²) in [5.41, 5.74) is 0. The number of hydrogen-bond acceptors (Lipinski definition) is 2. The second-order valence-electron chi connectivity index (χ2n) is 7.55. The maximum absolute atomic E-state index is 3.78. The van der Waals surface area contributed by atoms with E-state index >= 15 is 0 Å². The largest absolute Gasteiger partial charge is 0.311 e. The van der Waals surface area contributed by atoms with E-state index in [0.29, 0.717) is 6.04 Å². The van der Waals surface area contributed by atoms with Gasteiger partial charge in [-0.25, -0.2) is 0 Å². The molecule has 1 saturated heterocycles. The lowest BCUT2D eigenvalue weighted by Gasteiger charge is -2.48. The third-order valence-electron chi connectivity index (χ3n) is 5.60. The molecule has 3 unspecified atom stereocenters. The highest BCUT2D eigenvalue weighted by molar-refractivity contribution is 4.93. The summed E-state index contributed by atoms with van der Waals surface area (Å²) in [4.78, 5) is 2.85. The van der Waals surface area contributed by atoms with Crippen molar-refractivity contribution in [3.05, 3.63) is 0 Å². The van der Waals surface area contributed by atoms with Gasteiger partial charge in [0.05, 0.1) is 0 Å². The Morgan fingerprint density at radius 1 is 0.947 bits per heavy atom. The maximum Gasteiger partial charge on any atom is 0.0247 e. The molecule has 2 rings (SSSR count). The van der Waals surface area contributed by atoms with Crippen LogP contribution in [0.4, 0.5) is 0 Å². The van der Waals surface area contributed by atoms with Crippen LogP contribution in [0.1, 0.15) is 60.3 Å². The normalized spacial score (nSPS) is 32.4. The number of piperazine rings is 1. The summed E-state index contributed by atoms with van der Waals surface area (Å²) < 4.78 is 0. The molecule has 2 aliphatic rings.